The molecular weight excluding hydrogens is 252 g/mol. The van der Waals surface area contributed by atoms with Crippen molar-refractivity contribution >= 4 is 0 Å². The van der Waals surface area contributed by atoms with Gasteiger partial charge in [0.05, 0.1) is 24.7 Å². The SMILES string of the molecule is CC(C)n1cncc1CNCC1CN2CCCC2CO1. The Hall–Kier alpha value is -0.910. The van der Waals surface area contributed by atoms with Gasteiger partial charge in [-0.25, -0.2) is 4.98 Å². The molecule has 112 valence electrons. The third kappa shape index (κ3) is 3.05. The van der Waals surface area contributed by atoms with Crippen molar-refractivity contribution in [2.24, 2.45) is 0 Å². The summed E-state index contributed by atoms with van der Waals surface area (Å²) in [5.74, 6) is 0. The van der Waals surface area contributed by atoms with E-state index in [1.165, 1.54) is 25.1 Å². The molecule has 0 aromatic carbocycles. The largest absolute Gasteiger partial charge is 0.374 e. The van der Waals surface area contributed by atoms with Crippen LogP contribution in [-0.4, -0.2) is 52.8 Å². The molecule has 0 spiro atoms. The van der Waals surface area contributed by atoms with E-state index in [2.05, 4.69) is 33.6 Å². The number of rotatable bonds is 5. The van der Waals surface area contributed by atoms with Gasteiger partial charge in [-0.15, -0.1) is 0 Å². The summed E-state index contributed by atoms with van der Waals surface area (Å²) < 4.78 is 8.18. The van der Waals surface area contributed by atoms with Crippen LogP contribution in [0.5, 0.6) is 0 Å². The molecule has 3 rings (SSSR count). The summed E-state index contributed by atoms with van der Waals surface area (Å²) in [6.45, 7) is 9.40. The fraction of sp³-hybridized carbons (Fsp3) is 0.800. The summed E-state index contributed by atoms with van der Waals surface area (Å²) in [4.78, 5) is 6.83. The molecule has 0 bridgehead atoms. The van der Waals surface area contributed by atoms with Crippen molar-refractivity contribution in [3.8, 4) is 0 Å². The third-order valence-electron chi connectivity index (χ3n) is 4.44. The molecule has 0 radical (unpaired) electrons. The molecule has 5 heteroatoms. The first-order valence-electron chi connectivity index (χ1n) is 7.81. The topological polar surface area (TPSA) is 42.3 Å². The molecule has 1 N–H and O–H groups in total. The molecule has 2 saturated heterocycles. The van der Waals surface area contributed by atoms with Crippen LogP contribution in [0.4, 0.5) is 0 Å². The van der Waals surface area contributed by atoms with E-state index in [1.54, 1.807) is 0 Å². The van der Waals surface area contributed by atoms with Gasteiger partial charge in [0.1, 0.15) is 0 Å². The van der Waals surface area contributed by atoms with Crippen molar-refractivity contribution in [2.75, 3.05) is 26.2 Å². The first-order valence-corrected chi connectivity index (χ1v) is 7.81. The highest BCUT2D eigenvalue weighted by Gasteiger charge is 2.31. The molecule has 2 aliphatic heterocycles. The number of hydrogen-bond acceptors (Lipinski definition) is 4. The Morgan fingerprint density at radius 2 is 2.40 bits per heavy atom. The van der Waals surface area contributed by atoms with Gasteiger partial charge in [-0.2, -0.15) is 0 Å². The van der Waals surface area contributed by atoms with Gasteiger partial charge in [0.25, 0.3) is 0 Å². The van der Waals surface area contributed by atoms with E-state index in [0.717, 1.165) is 26.2 Å². The number of aromatic nitrogens is 2. The molecule has 1 aromatic rings. The van der Waals surface area contributed by atoms with Crippen LogP contribution in [0.15, 0.2) is 12.5 Å². The number of fused-ring (bicyclic) bond motifs is 1. The number of morpholine rings is 1. The first kappa shape index (κ1) is 14.0. The lowest BCUT2D eigenvalue weighted by Gasteiger charge is -2.35. The van der Waals surface area contributed by atoms with Crippen molar-refractivity contribution in [1.29, 1.82) is 0 Å². The number of imidazole rings is 1. The zero-order valence-corrected chi connectivity index (χ0v) is 12.6. The molecule has 3 heterocycles. The maximum absolute atomic E-state index is 5.96. The molecular formula is C15H26N4O. The molecule has 20 heavy (non-hydrogen) atoms. The zero-order valence-electron chi connectivity index (χ0n) is 12.6. The minimum absolute atomic E-state index is 0.333. The van der Waals surface area contributed by atoms with Gasteiger partial charge >= 0.3 is 0 Å². The van der Waals surface area contributed by atoms with E-state index in [-0.39, 0.29) is 0 Å². The predicted octanol–water partition coefficient (Wildman–Crippen LogP) is 1.42. The highest BCUT2D eigenvalue weighted by atomic mass is 16.5. The number of nitrogens with zero attached hydrogens (tertiary/aromatic N) is 3. The molecule has 5 nitrogen and oxygen atoms in total. The highest BCUT2D eigenvalue weighted by Crippen LogP contribution is 2.22. The normalized spacial score (nSPS) is 27.1. The predicted molar refractivity (Wildman–Crippen MR) is 78.7 cm³/mol. The summed E-state index contributed by atoms with van der Waals surface area (Å²) in [5, 5.41) is 3.52. The molecule has 2 fully saturated rings. The second-order valence-electron chi connectivity index (χ2n) is 6.26. The summed E-state index contributed by atoms with van der Waals surface area (Å²) in [6, 6.07) is 1.15. The smallest absolute Gasteiger partial charge is 0.0951 e. The molecule has 1 aromatic heterocycles. The lowest BCUT2D eigenvalue weighted by atomic mass is 10.2. The van der Waals surface area contributed by atoms with Crippen LogP contribution in [0.2, 0.25) is 0 Å². The third-order valence-corrected chi connectivity index (χ3v) is 4.44. The second-order valence-corrected chi connectivity index (χ2v) is 6.26. The van der Waals surface area contributed by atoms with Gasteiger partial charge < -0.3 is 14.6 Å². The fourth-order valence-electron chi connectivity index (χ4n) is 3.30. The minimum atomic E-state index is 0.333. The van der Waals surface area contributed by atoms with E-state index in [4.69, 9.17) is 4.74 Å². The van der Waals surface area contributed by atoms with Gasteiger partial charge in [0.2, 0.25) is 0 Å². The van der Waals surface area contributed by atoms with E-state index in [0.29, 0.717) is 18.2 Å². The van der Waals surface area contributed by atoms with E-state index >= 15 is 0 Å². The van der Waals surface area contributed by atoms with Crippen LogP contribution in [0.25, 0.3) is 0 Å². The van der Waals surface area contributed by atoms with Crippen molar-refractivity contribution in [3.63, 3.8) is 0 Å². The highest BCUT2D eigenvalue weighted by molar-refractivity contribution is 4.99. The number of ether oxygens (including phenoxy) is 1. The lowest BCUT2D eigenvalue weighted by Crippen LogP contribution is -2.49. The summed E-state index contributed by atoms with van der Waals surface area (Å²) in [5.41, 5.74) is 1.25. The Morgan fingerprint density at radius 1 is 1.50 bits per heavy atom. The van der Waals surface area contributed by atoms with Crippen molar-refractivity contribution in [2.45, 2.75) is 51.4 Å². The number of hydrogen-bond donors (Lipinski definition) is 1. The van der Waals surface area contributed by atoms with Gasteiger partial charge in [0, 0.05) is 37.9 Å². The molecule has 2 atom stereocenters. The molecule has 0 aliphatic carbocycles. The monoisotopic (exact) mass is 278 g/mol. The average molecular weight is 278 g/mol. The van der Waals surface area contributed by atoms with Crippen LogP contribution in [0, 0.1) is 0 Å². The van der Waals surface area contributed by atoms with E-state index in [1.807, 2.05) is 12.5 Å². The van der Waals surface area contributed by atoms with Gasteiger partial charge in [-0.1, -0.05) is 0 Å². The minimum Gasteiger partial charge on any atom is -0.374 e. The van der Waals surface area contributed by atoms with Crippen molar-refractivity contribution < 1.29 is 4.74 Å². The maximum atomic E-state index is 5.96. The Balaban J connectivity index is 1.44. The van der Waals surface area contributed by atoms with E-state index in [9.17, 15) is 0 Å². The van der Waals surface area contributed by atoms with Crippen LogP contribution in [-0.2, 0) is 11.3 Å². The zero-order chi connectivity index (χ0) is 13.9. The Labute approximate surface area is 121 Å². The molecule has 0 amide bonds. The van der Waals surface area contributed by atoms with E-state index < -0.39 is 0 Å². The van der Waals surface area contributed by atoms with Crippen LogP contribution < -0.4 is 5.32 Å². The van der Waals surface area contributed by atoms with Gasteiger partial charge in [0.15, 0.2) is 0 Å². The van der Waals surface area contributed by atoms with Crippen LogP contribution >= 0.6 is 0 Å². The fourth-order valence-corrected chi connectivity index (χ4v) is 3.30. The summed E-state index contributed by atoms with van der Waals surface area (Å²) >= 11 is 0. The quantitative estimate of drug-likeness (QED) is 0.884. The summed E-state index contributed by atoms with van der Waals surface area (Å²) in [6.07, 6.45) is 6.84. The first-order chi connectivity index (χ1) is 9.74. The summed E-state index contributed by atoms with van der Waals surface area (Å²) in [7, 11) is 0. The van der Waals surface area contributed by atoms with Crippen molar-refractivity contribution in [3.05, 3.63) is 18.2 Å². The Morgan fingerprint density at radius 3 is 3.25 bits per heavy atom. The molecule has 0 saturated carbocycles. The molecule has 2 aliphatic rings. The van der Waals surface area contributed by atoms with Crippen LogP contribution in [0.1, 0.15) is 38.4 Å². The maximum Gasteiger partial charge on any atom is 0.0951 e. The average Bonchev–Trinajstić information content (AvgIpc) is 3.06. The van der Waals surface area contributed by atoms with Gasteiger partial charge in [-0.3, -0.25) is 4.90 Å². The van der Waals surface area contributed by atoms with Gasteiger partial charge in [-0.05, 0) is 33.2 Å². The lowest BCUT2D eigenvalue weighted by molar-refractivity contribution is -0.0470. The standard InChI is InChI=1S/C15H26N4O/c1-12(2)19-11-17-7-14(19)6-16-8-15-9-18-5-3-4-13(18)10-20-15/h7,11-13,15-16H,3-6,8-10H2,1-2H3. The number of nitrogens with one attached hydrogen (secondary N) is 1. The molecule has 2 unspecified atom stereocenters. The Kier molecular flexibility index (Phi) is 4.38. The van der Waals surface area contributed by atoms with Crippen LogP contribution in [0.3, 0.4) is 0 Å². The van der Waals surface area contributed by atoms with Crippen molar-refractivity contribution in [1.82, 2.24) is 19.8 Å². The Bertz CT molecular complexity index is 431. The second kappa shape index (κ2) is 6.24.